The lowest BCUT2D eigenvalue weighted by Gasteiger charge is -2.28. The highest BCUT2D eigenvalue weighted by molar-refractivity contribution is 7.92. The monoisotopic (exact) mass is 371 g/mol. The van der Waals surface area contributed by atoms with Crippen molar-refractivity contribution in [2.45, 2.75) is 30.5 Å². The predicted octanol–water partition coefficient (Wildman–Crippen LogP) is 2.24. The highest BCUT2D eigenvalue weighted by Gasteiger charge is 2.39. The van der Waals surface area contributed by atoms with Crippen LogP contribution in [0.1, 0.15) is 20.3 Å². The molecule has 1 fully saturated rings. The summed E-state index contributed by atoms with van der Waals surface area (Å²) in [7, 11) is -6.85. The maximum Gasteiger partial charge on any atom is 0.252 e. The smallest absolute Gasteiger partial charge is 0.229 e. The molecule has 2 rings (SSSR count). The van der Waals surface area contributed by atoms with Gasteiger partial charge in [-0.2, -0.15) is 4.31 Å². The molecule has 9 heteroatoms. The molecule has 120 valence electrons. The van der Waals surface area contributed by atoms with Crippen molar-refractivity contribution in [1.82, 2.24) is 4.31 Å². The molecule has 0 aromatic carbocycles. The van der Waals surface area contributed by atoms with E-state index in [2.05, 4.69) is 0 Å². The second-order valence-corrected chi connectivity index (χ2v) is 11.6. The predicted molar refractivity (Wildman–Crippen MR) is 85.1 cm³/mol. The molecule has 2 heterocycles. The quantitative estimate of drug-likeness (QED) is 0.795. The van der Waals surface area contributed by atoms with E-state index in [-0.39, 0.29) is 21.6 Å². The van der Waals surface area contributed by atoms with Crippen molar-refractivity contribution in [1.29, 1.82) is 0 Å². The van der Waals surface area contributed by atoms with Crippen LogP contribution in [0, 0.1) is 5.92 Å². The van der Waals surface area contributed by atoms with Gasteiger partial charge < -0.3 is 0 Å². The van der Waals surface area contributed by atoms with Crippen LogP contribution >= 0.6 is 22.9 Å². The summed E-state index contributed by atoms with van der Waals surface area (Å²) in [6.07, 6.45) is 0.355. The molecule has 0 radical (unpaired) electrons. The van der Waals surface area contributed by atoms with Gasteiger partial charge in [-0.15, -0.1) is 11.3 Å². The van der Waals surface area contributed by atoms with Gasteiger partial charge in [0.05, 0.1) is 15.8 Å². The molecule has 1 aliphatic heterocycles. The number of rotatable bonds is 5. The van der Waals surface area contributed by atoms with E-state index in [9.17, 15) is 16.8 Å². The fraction of sp³-hybridized carbons (Fsp3) is 0.667. The van der Waals surface area contributed by atoms with E-state index in [1.807, 2.05) is 13.8 Å². The molecule has 1 unspecified atom stereocenters. The minimum absolute atomic E-state index is 0.0486. The van der Waals surface area contributed by atoms with Crippen LogP contribution in [0.4, 0.5) is 0 Å². The maximum atomic E-state index is 12.8. The van der Waals surface area contributed by atoms with Crippen molar-refractivity contribution in [2.75, 3.05) is 18.1 Å². The number of sulfone groups is 1. The standard InChI is InChI=1S/C12H18ClNO4S3/c1-9(2)7-14(10-5-6-20(15,16)8-10)21(17,18)12-4-3-11(13)19-12/h3-4,9-10H,5-8H2,1-2H3. The third-order valence-electron chi connectivity index (χ3n) is 3.27. The molecule has 0 spiro atoms. The first-order chi connectivity index (χ1) is 9.62. The molecule has 0 amide bonds. The Labute approximate surface area is 134 Å². The van der Waals surface area contributed by atoms with Gasteiger partial charge in [0.2, 0.25) is 0 Å². The van der Waals surface area contributed by atoms with Crippen LogP contribution in [0.15, 0.2) is 16.3 Å². The zero-order chi connectivity index (χ0) is 15.8. The normalized spacial score (nSPS) is 22.2. The SMILES string of the molecule is CC(C)CN(C1CCS(=O)(=O)C1)S(=O)(=O)c1ccc(Cl)s1. The average Bonchev–Trinajstić information content (AvgIpc) is 2.92. The summed E-state index contributed by atoms with van der Waals surface area (Å²) >= 11 is 6.82. The third-order valence-corrected chi connectivity index (χ3v) is 8.64. The maximum absolute atomic E-state index is 12.8. The number of hydrogen-bond acceptors (Lipinski definition) is 5. The molecule has 1 aromatic heterocycles. The van der Waals surface area contributed by atoms with Crippen LogP contribution in [-0.2, 0) is 19.9 Å². The van der Waals surface area contributed by atoms with Gasteiger partial charge in [-0.3, -0.25) is 0 Å². The largest absolute Gasteiger partial charge is 0.252 e. The Kier molecular flexibility index (Phi) is 5.04. The summed E-state index contributed by atoms with van der Waals surface area (Å²) in [5.41, 5.74) is 0. The molecular formula is C12H18ClNO4S3. The zero-order valence-corrected chi connectivity index (χ0v) is 15.0. The van der Waals surface area contributed by atoms with Gasteiger partial charge in [-0.25, -0.2) is 16.8 Å². The Morgan fingerprint density at radius 1 is 1.43 bits per heavy atom. The number of sulfonamides is 1. The summed E-state index contributed by atoms with van der Waals surface area (Å²) < 4.78 is 50.7. The minimum atomic E-state index is -3.71. The first-order valence-electron chi connectivity index (χ1n) is 6.59. The Hall–Kier alpha value is -0.150. The molecule has 1 atom stereocenters. The van der Waals surface area contributed by atoms with Crippen molar-refractivity contribution in [3.8, 4) is 0 Å². The van der Waals surface area contributed by atoms with Gasteiger partial charge >= 0.3 is 0 Å². The molecule has 0 N–H and O–H groups in total. The number of thiophene rings is 1. The zero-order valence-electron chi connectivity index (χ0n) is 11.8. The molecular weight excluding hydrogens is 354 g/mol. The molecule has 1 aromatic rings. The summed E-state index contributed by atoms with van der Waals surface area (Å²) in [5, 5.41) is 0. The molecule has 1 saturated heterocycles. The van der Waals surface area contributed by atoms with Crippen LogP contribution in [0.2, 0.25) is 4.34 Å². The fourth-order valence-corrected chi connectivity index (χ4v) is 7.61. The Morgan fingerprint density at radius 3 is 2.52 bits per heavy atom. The summed E-state index contributed by atoms with van der Waals surface area (Å²) in [4.78, 5) is 0. The molecule has 0 saturated carbocycles. The number of halogens is 1. The first-order valence-corrected chi connectivity index (χ1v) is 11.0. The highest BCUT2D eigenvalue weighted by atomic mass is 35.5. The van der Waals surface area contributed by atoms with Crippen molar-refractivity contribution < 1.29 is 16.8 Å². The van der Waals surface area contributed by atoms with Gasteiger partial charge in [0.1, 0.15) is 4.21 Å². The van der Waals surface area contributed by atoms with Crippen molar-refractivity contribution in [3.63, 3.8) is 0 Å². The Bertz CT molecular complexity index is 709. The molecule has 0 aliphatic carbocycles. The lowest BCUT2D eigenvalue weighted by atomic mass is 10.2. The first kappa shape index (κ1) is 17.2. The average molecular weight is 372 g/mol. The molecule has 1 aliphatic rings. The van der Waals surface area contributed by atoms with Crippen LogP contribution < -0.4 is 0 Å². The van der Waals surface area contributed by atoms with E-state index in [0.717, 1.165) is 11.3 Å². The summed E-state index contributed by atoms with van der Waals surface area (Å²) in [6.45, 7) is 4.12. The molecule has 21 heavy (non-hydrogen) atoms. The van der Waals surface area contributed by atoms with Crippen molar-refractivity contribution in [2.24, 2.45) is 5.92 Å². The van der Waals surface area contributed by atoms with Gasteiger partial charge in [0.25, 0.3) is 10.0 Å². The third kappa shape index (κ3) is 3.98. The van der Waals surface area contributed by atoms with E-state index in [0.29, 0.717) is 17.3 Å². The Morgan fingerprint density at radius 2 is 2.10 bits per heavy atom. The Balaban J connectivity index is 2.36. The second kappa shape index (κ2) is 6.16. The lowest BCUT2D eigenvalue weighted by molar-refractivity contribution is 0.308. The number of nitrogens with zero attached hydrogens (tertiary/aromatic N) is 1. The lowest BCUT2D eigenvalue weighted by Crippen LogP contribution is -2.42. The summed E-state index contributed by atoms with van der Waals surface area (Å²) in [6, 6.07) is 2.53. The van der Waals surface area contributed by atoms with Crippen LogP contribution in [0.3, 0.4) is 0 Å². The molecule has 5 nitrogen and oxygen atoms in total. The van der Waals surface area contributed by atoms with E-state index in [1.165, 1.54) is 16.4 Å². The van der Waals surface area contributed by atoms with Crippen molar-refractivity contribution in [3.05, 3.63) is 16.5 Å². The number of hydrogen-bond donors (Lipinski definition) is 0. The highest BCUT2D eigenvalue weighted by Crippen LogP contribution is 2.31. The van der Waals surface area contributed by atoms with Gasteiger partial charge in [-0.05, 0) is 24.5 Å². The summed E-state index contributed by atoms with van der Waals surface area (Å²) in [5.74, 6) is 0.0592. The van der Waals surface area contributed by atoms with E-state index < -0.39 is 25.9 Å². The minimum Gasteiger partial charge on any atom is -0.229 e. The molecule has 0 bridgehead atoms. The topological polar surface area (TPSA) is 71.5 Å². The van der Waals surface area contributed by atoms with E-state index >= 15 is 0 Å². The van der Waals surface area contributed by atoms with E-state index in [4.69, 9.17) is 11.6 Å². The van der Waals surface area contributed by atoms with Gasteiger partial charge in [0.15, 0.2) is 9.84 Å². The van der Waals surface area contributed by atoms with Crippen LogP contribution in [0.25, 0.3) is 0 Å². The van der Waals surface area contributed by atoms with Crippen LogP contribution in [0.5, 0.6) is 0 Å². The fourth-order valence-electron chi connectivity index (χ4n) is 2.36. The van der Waals surface area contributed by atoms with E-state index in [1.54, 1.807) is 0 Å². The van der Waals surface area contributed by atoms with Gasteiger partial charge in [0, 0.05) is 12.6 Å². The van der Waals surface area contributed by atoms with Crippen molar-refractivity contribution >= 4 is 42.8 Å². The van der Waals surface area contributed by atoms with Crippen LogP contribution in [-0.4, -0.2) is 45.2 Å². The van der Waals surface area contributed by atoms with Gasteiger partial charge in [-0.1, -0.05) is 25.4 Å². The second-order valence-electron chi connectivity index (χ2n) is 5.58.